The summed E-state index contributed by atoms with van der Waals surface area (Å²) in [6.07, 6.45) is -2.94. The van der Waals surface area contributed by atoms with Crippen LogP contribution >= 0.6 is 11.8 Å². The van der Waals surface area contributed by atoms with Gasteiger partial charge in [-0.15, -0.1) is 0 Å². The molecule has 1 rings (SSSR count). The molecule has 24 heavy (non-hydrogen) atoms. The topological polar surface area (TPSA) is 166 Å². The molecule has 0 bridgehead atoms. The van der Waals surface area contributed by atoms with Crippen LogP contribution in [0.25, 0.3) is 0 Å². The Balaban J connectivity index is 2.82. The van der Waals surface area contributed by atoms with E-state index in [9.17, 15) is 23.7 Å². The van der Waals surface area contributed by atoms with Crippen molar-refractivity contribution in [2.45, 2.75) is 62.5 Å². The maximum Gasteiger partial charge on any atom is 0.466 e. The summed E-state index contributed by atoms with van der Waals surface area (Å²) in [7, 11) is -4.77. The standard InChI is InChI=1S/C12H23NO9S2/c1-2-3-4-5-8(13-22-24(18,19)20)23-12-11(17)10(16)9(15)7(6-14)21-12/h7,9-12,14-17H,2-6H2,1H3,(H,18,19,20). The molecule has 5 N–H and O–H groups in total. The molecule has 0 radical (unpaired) electrons. The molecule has 0 aromatic rings. The first-order valence-electron chi connectivity index (χ1n) is 7.39. The Labute approximate surface area is 144 Å². The van der Waals surface area contributed by atoms with Gasteiger partial charge in [0.25, 0.3) is 0 Å². The fourth-order valence-electron chi connectivity index (χ4n) is 2.04. The van der Waals surface area contributed by atoms with Crippen molar-refractivity contribution >= 4 is 27.2 Å². The van der Waals surface area contributed by atoms with Gasteiger partial charge in [-0.1, -0.05) is 36.7 Å². The van der Waals surface area contributed by atoms with E-state index in [0.29, 0.717) is 12.8 Å². The van der Waals surface area contributed by atoms with Crippen LogP contribution in [0.2, 0.25) is 0 Å². The van der Waals surface area contributed by atoms with E-state index in [4.69, 9.17) is 14.4 Å². The van der Waals surface area contributed by atoms with Crippen molar-refractivity contribution in [3.63, 3.8) is 0 Å². The van der Waals surface area contributed by atoms with Gasteiger partial charge in [-0.05, 0) is 12.8 Å². The second-order valence-electron chi connectivity index (χ2n) is 5.26. The average molecular weight is 389 g/mol. The Morgan fingerprint density at radius 3 is 2.42 bits per heavy atom. The zero-order valence-electron chi connectivity index (χ0n) is 13.1. The van der Waals surface area contributed by atoms with Gasteiger partial charge in [0.15, 0.2) is 0 Å². The van der Waals surface area contributed by atoms with Gasteiger partial charge in [0.2, 0.25) is 0 Å². The number of hydrogen-bond acceptors (Lipinski definition) is 10. The molecule has 0 aromatic heterocycles. The number of thioether (sulfide) groups is 1. The minimum Gasteiger partial charge on any atom is -0.394 e. The SMILES string of the molecule is CCCCCC(=NOS(=O)(=O)O)SC1OC(CO)C(O)C(O)C1O. The molecule has 0 amide bonds. The number of rotatable bonds is 8. The molecule has 0 spiro atoms. The molecule has 5 unspecified atom stereocenters. The van der Waals surface area contributed by atoms with Crippen molar-refractivity contribution in [2.75, 3.05) is 6.61 Å². The predicted octanol–water partition coefficient (Wildman–Crippen LogP) is -0.767. The molecular formula is C12H23NO9S2. The minimum atomic E-state index is -4.77. The van der Waals surface area contributed by atoms with E-state index >= 15 is 0 Å². The zero-order valence-corrected chi connectivity index (χ0v) is 14.7. The second kappa shape index (κ2) is 9.87. The van der Waals surface area contributed by atoms with Crippen molar-refractivity contribution in [1.29, 1.82) is 0 Å². The maximum absolute atomic E-state index is 10.6. The summed E-state index contributed by atoms with van der Waals surface area (Å²) in [5.41, 5.74) is -1.11. The van der Waals surface area contributed by atoms with Crippen LogP contribution in [0.4, 0.5) is 0 Å². The monoisotopic (exact) mass is 389 g/mol. The Kier molecular flexibility index (Phi) is 8.87. The van der Waals surface area contributed by atoms with Crippen molar-refractivity contribution in [3.05, 3.63) is 0 Å². The highest BCUT2D eigenvalue weighted by Crippen LogP contribution is 2.30. The third-order valence-electron chi connectivity index (χ3n) is 3.33. The predicted molar refractivity (Wildman–Crippen MR) is 85.6 cm³/mol. The van der Waals surface area contributed by atoms with Crippen molar-refractivity contribution in [3.8, 4) is 0 Å². The number of unbranched alkanes of at least 4 members (excludes halogenated alkanes) is 2. The Bertz CT molecular complexity index is 511. The summed E-state index contributed by atoms with van der Waals surface area (Å²) in [6.45, 7) is 1.39. The van der Waals surface area contributed by atoms with Crippen molar-refractivity contribution in [2.24, 2.45) is 5.16 Å². The molecule has 1 saturated heterocycles. The van der Waals surface area contributed by atoms with Gasteiger partial charge < -0.3 is 25.2 Å². The largest absolute Gasteiger partial charge is 0.466 e. The van der Waals surface area contributed by atoms with Crippen molar-refractivity contribution < 1.29 is 42.4 Å². The van der Waals surface area contributed by atoms with Crippen LogP contribution < -0.4 is 0 Å². The van der Waals surface area contributed by atoms with Gasteiger partial charge >= 0.3 is 10.4 Å². The van der Waals surface area contributed by atoms with Crippen LogP contribution in [0.3, 0.4) is 0 Å². The molecule has 0 aliphatic carbocycles. The van der Waals surface area contributed by atoms with Gasteiger partial charge in [0.1, 0.15) is 34.9 Å². The summed E-state index contributed by atoms with van der Waals surface area (Å²) in [5, 5.41) is 42.0. The molecule has 5 atom stereocenters. The van der Waals surface area contributed by atoms with Gasteiger partial charge in [0, 0.05) is 0 Å². The molecule has 12 heteroatoms. The van der Waals surface area contributed by atoms with E-state index in [-0.39, 0.29) is 5.04 Å². The van der Waals surface area contributed by atoms with Crippen LogP contribution in [-0.4, -0.2) is 74.9 Å². The van der Waals surface area contributed by atoms with E-state index in [1.165, 1.54) is 0 Å². The molecule has 1 heterocycles. The van der Waals surface area contributed by atoms with Gasteiger partial charge in [-0.2, -0.15) is 8.42 Å². The van der Waals surface area contributed by atoms with Gasteiger partial charge in [-0.3, -0.25) is 4.55 Å². The summed E-state index contributed by atoms with van der Waals surface area (Å²) in [5.74, 6) is 0. The summed E-state index contributed by atoms with van der Waals surface area (Å²) >= 11 is 0.785. The number of aliphatic hydroxyl groups is 4. The first-order valence-corrected chi connectivity index (χ1v) is 9.64. The Morgan fingerprint density at radius 1 is 1.21 bits per heavy atom. The Morgan fingerprint density at radius 2 is 1.88 bits per heavy atom. The minimum absolute atomic E-state index is 0.116. The molecule has 10 nitrogen and oxygen atoms in total. The maximum atomic E-state index is 10.6. The number of ether oxygens (including phenoxy) is 1. The van der Waals surface area contributed by atoms with Crippen LogP contribution in [-0.2, 0) is 19.4 Å². The highest BCUT2D eigenvalue weighted by Gasteiger charge is 2.44. The summed E-state index contributed by atoms with van der Waals surface area (Å²) in [6, 6.07) is 0. The number of hydrogen-bond donors (Lipinski definition) is 5. The van der Waals surface area contributed by atoms with Crippen LogP contribution in [0.15, 0.2) is 5.16 Å². The average Bonchev–Trinajstić information content (AvgIpc) is 2.52. The zero-order chi connectivity index (χ0) is 18.3. The van der Waals surface area contributed by atoms with Gasteiger partial charge in [0.05, 0.1) is 6.61 Å². The lowest BCUT2D eigenvalue weighted by atomic mass is 10.0. The third kappa shape index (κ3) is 6.80. The van der Waals surface area contributed by atoms with Crippen molar-refractivity contribution in [1.82, 2.24) is 0 Å². The van der Waals surface area contributed by atoms with Gasteiger partial charge in [-0.25, -0.2) is 4.28 Å². The van der Waals surface area contributed by atoms with E-state index in [1.54, 1.807) is 0 Å². The quantitative estimate of drug-likeness (QED) is 0.117. The highest BCUT2D eigenvalue weighted by molar-refractivity contribution is 8.14. The van der Waals surface area contributed by atoms with E-state index in [1.807, 2.05) is 6.92 Å². The third-order valence-corrected chi connectivity index (χ3v) is 4.76. The number of nitrogens with zero attached hydrogens (tertiary/aromatic N) is 1. The molecule has 1 fully saturated rings. The second-order valence-corrected chi connectivity index (χ2v) is 7.44. The molecule has 0 saturated carbocycles. The van der Waals surface area contributed by atoms with Crippen LogP contribution in [0.1, 0.15) is 32.6 Å². The lowest BCUT2D eigenvalue weighted by Crippen LogP contribution is -2.57. The van der Waals surface area contributed by atoms with E-state index < -0.39 is 46.9 Å². The number of oxime groups is 1. The highest BCUT2D eigenvalue weighted by atomic mass is 32.3. The smallest absolute Gasteiger partial charge is 0.394 e. The molecule has 1 aliphatic rings. The molecule has 1 aliphatic heterocycles. The molecule has 0 aromatic carbocycles. The summed E-state index contributed by atoms with van der Waals surface area (Å²) in [4.78, 5) is 0. The summed E-state index contributed by atoms with van der Waals surface area (Å²) < 4.78 is 39.2. The molecule has 142 valence electrons. The molecular weight excluding hydrogens is 366 g/mol. The van der Waals surface area contributed by atoms with Crippen LogP contribution in [0, 0.1) is 0 Å². The van der Waals surface area contributed by atoms with E-state index in [0.717, 1.165) is 24.6 Å². The first-order chi connectivity index (χ1) is 11.2. The first kappa shape index (κ1) is 21.6. The normalized spacial score (nSPS) is 31.9. The fraction of sp³-hybridized carbons (Fsp3) is 0.917. The van der Waals surface area contributed by atoms with E-state index in [2.05, 4.69) is 9.44 Å². The number of aliphatic hydroxyl groups excluding tert-OH is 4. The fourth-order valence-corrected chi connectivity index (χ4v) is 3.38. The lowest BCUT2D eigenvalue weighted by Gasteiger charge is -2.39. The lowest BCUT2D eigenvalue weighted by molar-refractivity contribution is -0.205. The Hall–Kier alpha value is -0.470. The van der Waals surface area contributed by atoms with Crippen LogP contribution in [0.5, 0.6) is 0 Å².